The van der Waals surface area contributed by atoms with Crippen LogP contribution in [0.3, 0.4) is 0 Å². The summed E-state index contributed by atoms with van der Waals surface area (Å²) >= 11 is 0. The van der Waals surface area contributed by atoms with Crippen LogP contribution in [0.15, 0.2) is 24.3 Å². The second-order valence-corrected chi connectivity index (χ2v) is 3.83. The van der Waals surface area contributed by atoms with Crippen molar-refractivity contribution >= 4 is 5.69 Å². The lowest BCUT2D eigenvalue weighted by molar-refractivity contribution is 0.0503. The molecule has 2 N–H and O–H groups in total. The van der Waals surface area contributed by atoms with Crippen molar-refractivity contribution < 1.29 is 4.74 Å². The molecule has 0 saturated carbocycles. The van der Waals surface area contributed by atoms with Gasteiger partial charge in [-0.05, 0) is 26.1 Å². The van der Waals surface area contributed by atoms with Crippen LogP contribution in [0.5, 0.6) is 0 Å². The van der Waals surface area contributed by atoms with Crippen LogP contribution in [0.4, 0.5) is 5.69 Å². The van der Waals surface area contributed by atoms with E-state index in [9.17, 15) is 0 Å². The third kappa shape index (κ3) is 5.40. The Labute approximate surface area is 91.8 Å². The monoisotopic (exact) mass is 208 g/mol. The Morgan fingerprint density at radius 1 is 1.13 bits per heavy atom. The molecule has 0 atom stereocenters. The van der Waals surface area contributed by atoms with Crippen LogP contribution in [-0.4, -0.2) is 38.3 Å². The van der Waals surface area contributed by atoms with Crippen LogP contribution in [0.2, 0.25) is 0 Å². The van der Waals surface area contributed by atoms with Gasteiger partial charge in [0.2, 0.25) is 0 Å². The molecule has 0 radical (unpaired) electrons. The van der Waals surface area contributed by atoms with Gasteiger partial charge in [-0.2, -0.15) is 0 Å². The fourth-order valence-corrected chi connectivity index (χ4v) is 1.22. The van der Waals surface area contributed by atoms with Gasteiger partial charge in [-0.15, -0.1) is 0 Å². The first-order valence-corrected chi connectivity index (χ1v) is 5.27. The van der Waals surface area contributed by atoms with Gasteiger partial charge >= 0.3 is 0 Å². The van der Waals surface area contributed by atoms with E-state index in [2.05, 4.69) is 11.9 Å². The van der Waals surface area contributed by atoms with Crippen LogP contribution >= 0.6 is 0 Å². The van der Waals surface area contributed by atoms with E-state index in [1.807, 2.05) is 31.2 Å². The predicted molar refractivity (Wildman–Crippen MR) is 63.9 cm³/mol. The Balaban J connectivity index is 0.000000151. The highest BCUT2D eigenvalue weighted by Crippen LogP contribution is 2.02. The highest BCUT2D eigenvalue weighted by atomic mass is 16.5. The van der Waals surface area contributed by atoms with E-state index < -0.39 is 0 Å². The molecule has 3 heteroatoms. The van der Waals surface area contributed by atoms with Crippen molar-refractivity contribution in [2.45, 2.75) is 6.92 Å². The quantitative estimate of drug-likeness (QED) is 0.657. The molecule has 0 bridgehead atoms. The van der Waals surface area contributed by atoms with Crippen LogP contribution in [-0.2, 0) is 4.74 Å². The summed E-state index contributed by atoms with van der Waals surface area (Å²) in [6.07, 6.45) is 0. The molecule has 1 fully saturated rings. The molecular weight excluding hydrogens is 188 g/mol. The van der Waals surface area contributed by atoms with Gasteiger partial charge in [-0.25, -0.2) is 0 Å². The molecule has 1 aromatic carbocycles. The number of morpholine rings is 1. The number of nitrogens with two attached hydrogens (primary N) is 1. The van der Waals surface area contributed by atoms with Crippen LogP contribution in [0, 0.1) is 6.92 Å². The van der Waals surface area contributed by atoms with Crippen molar-refractivity contribution in [3.8, 4) is 0 Å². The van der Waals surface area contributed by atoms with E-state index in [4.69, 9.17) is 10.5 Å². The Hall–Kier alpha value is -1.06. The number of benzene rings is 1. The molecule has 2 rings (SSSR count). The number of likely N-dealkylation sites (N-methyl/N-ethyl adjacent to an activating group) is 1. The fraction of sp³-hybridized carbons (Fsp3) is 0.500. The number of nitrogen functional groups attached to an aromatic ring is 1. The summed E-state index contributed by atoms with van der Waals surface area (Å²) in [6, 6.07) is 7.79. The molecule has 3 nitrogen and oxygen atoms in total. The van der Waals surface area contributed by atoms with Gasteiger partial charge in [0.25, 0.3) is 0 Å². The van der Waals surface area contributed by atoms with Crippen molar-refractivity contribution in [3.05, 3.63) is 29.8 Å². The van der Waals surface area contributed by atoms with E-state index in [0.29, 0.717) is 0 Å². The molecule has 0 spiro atoms. The summed E-state index contributed by atoms with van der Waals surface area (Å²) in [6.45, 7) is 6.06. The van der Waals surface area contributed by atoms with Gasteiger partial charge < -0.3 is 15.4 Å². The van der Waals surface area contributed by atoms with Gasteiger partial charge in [-0.1, -0.05) is 17.7 Å². The SMILES string of the molecule is CN1CCOCC1.Cc1ccc(N)cc1. The minimum Gasteiger partial charge on any atom is -0.399 e. The average molecular weight is 208 g/mol. The van der Waals surface area contributed by atoms with Crippen LogP contribution in [0.25, 0.3) is 0 Å². The number of rotatable bonds is 0. The molecule has 0 amide bonds. The molecule has 15 heavy (non-hydrogen) atoms. The third-order valence-corrected chi connectivity index (χ3v) is 2.31. The lowest BCUT2D eigenvalue weighted by Crippen LogP contribution is -2.32. The second-order valence-electron chi connectivity index (χ2n) is 3.83. The van der Waals surface area contributed by atoms with Crippen molar-refractivity contribution in [2.75, 3.05) is 39.1 Å². The third-order valence-electron chi connectivity index (χ3n) is 2.31. The predicted octanol–water partition coefficient (Wildman–Crippen LogP) is 1.53. The standard InChI is InChI=1S/C7H9N.C5H11NO/c1-6-2-4-7(8)5-3-6;1-6-2-4-7-5-3-6/h2-5H,8H2,1H3;2-5H2,1H3. The Bertz CT molecular complexity index is 244. The fourth-order valence-electron chi connectivity index (χ4n) is 1.22. The van der Waals surface area contributed by atoms with Gasteiger partial charge in [0.15, 0.2) is 0 Å². The Morgan fingerprint density at radius 2 is 1.67 bits per heavy atom. The molecule has 84 valence electrons. The van der Waals surface area contributed by atoms with Gasteiger partial charge in [0.1, 0.15) is 0 Å². The Morgan fingerprint density at radius 3 is 2.00 bits per heavy atom. The summed E-state index contributed by atoms with van der Waals surface area (Å²) in [5.41, 5.74) is 7.51. The highest BCUT2D eigenvalue weighted by Gasteiger charge is 2.02. The summed E-state index contributed by atoms with van der Waals surface area (Å²) in [4.78, 5) is 2.27. The maximum Gasteiger partial charge on any atom is 0.0594 e. The number of aryl methyl sites for hydroxylation is 1. The number of hydrogen-bond acceptors (Lipinski definition) is 3. The van der Waals surface area contributed by atoms with Crippen molar-refractivity contribution in [2.24, 2.45) is 0 Å². The van der Waals surface area contributed by atoms with E-state index in [1.165, 1.54) is 5.56 Å². The van der Waals surface area contributed by atoms with Gasteiger partial charge in [0.05, 0.1) is 13.2 Å². The topological polar surface area (TPSA) is 38.5 Å². The number of hydrogen-bond donors (Lipinski definition) is 1. The minimum atomic E-state index is 0.829. The molecule has 1 aliphatic rings. The smallest absolute Gasteiger partial charge is 0.0594 e. The van der Waals surface area contributed by atoms with Gasteiger partial charge in [0, 0.05) is 18.8 Å². The van der Waals surface area contributed by atoms with Crippen molar-refractivity contribution in [3.63, 3.8) is 0 Å². The van der Waals surface area contributed by atoms with Crippen molar-refractivity contribution in [1.82, 2.24) is 4.90 Å². The molecule has 1 heterocycles. The minimum absolute atomic E-state index is 0.829. The summed E-state index contributed by atoms with van der Waals surface area (Å²) in [5, 5.41) is 0. The number of anilines is 1. The van der Waals surface area contributed by atoms with E-state index >= 15 is 0 Å². The second kappa shape index (κ2) is 6.43. The molecular formula is C12H20N2O. The lowest BCUT2D eigenvalue weighted by Gasteiger charge is -2.21. The van der Waals surface area contributed by atoms with E-state index in [0.717, 1.165) is 32.0 Å². The summed E-state index contributed by atoms with van der Waals surface area (Å²) in [7, 11) is 2.11. The highest BCUT2D eigenvalue weighted by molar-refractivity contribution is 5.38. The molecule has 0 aromatic heterocycles. The molecule has 1 saturated heterocycles. The largest absolute Gasteiger partial charge is 0.399 e. The first-order valence-electron chi connectivity index (χ1n) is 5.27. The maximum absolute atomic E-state index is 5.43. The normalized spacial score (nSPS) is 16.7. The summed E-state index contributed by atoms with van der Waals surface area (Å²) < 4.78 is 5.10. The molecule has 1 aromatic rings. The van der Waals surface area contributed by atoms with Gasteiger partial charge in [-0.3, -0.25) is 0 Å². The summed E-state index contributed by atoms with van der Waals surface area (Å²) in [5.74, 6) is 0. The molecule has 0 aliphatic carbocycles. The number of nitrogens with zero attached hydrogens (tertiary/aromatic N) is 1. The van der Waals surface area contributed by atoms with Crippen molar-refractivity contribution in [1.29, 1.82) is 0 Å². The number of ether oxygens (including phenoxy) is 1. The van der Waals surface area contributed by atoms with E-state index in [-0.39, 0.29) is 0 Å². The zero-order chi connectivity index (χ0) is 11.1. The Kier molecular flexibility index (Phi) is 5.15. The van der Waals surface area contributed by atoms with Crippen LogP contribution in [0.1, 0.15) is 5.56 Å². The zero-order valence-corrected chi connectivity index (χ0v) is 9.57. The molecule has 0 unspecified atom stereocenters. The molecule has 1 aliphatic heterocycles. The first kappa shape index (κ1) is 12.0. The lowest BCUT2D eigenvalue weighted by atomic mass is 10.2. The zero-order valence-electron chi connectivity index (χ0n) is 9.57. The first-order chi connectivity index (χ1) is 7.18. The van der Waals surface area contributed by atoms with E-state index in [1.54, 1.807) is 0 Å². The average Bonchev–Trinajstić information content (AvgIpc) is 2.25. The maximum atomic E-state index is 5.43. The van der Waals surface area contributed by atoms with Crippen LogP contribution < -0.4 is 5.73 Å².